The van der Waals surface area contributed by atoms with E-state index < -0.39 is 11.2 Å². The number of aromatic amines is 1. The number of para-hydroxylation sites is 1. The van der Waals surface area contributed by atoms with Gasteiger partial charge in [0.15, 0.2) is 0 Å². The van der Waals surface area contributed by atoms with Crippen molar-refractivity contribution in [3.05, 3.63) is 75.4 Å². The standard InChI is InChI=1S/C20H21N3O3S/c24-18(21-12-6-14-27-15-7-2-1-3-8-15)11-13-23-17-10-5-4-9-16(17)19(25)22-20(23)26/h1-5,7-10H,6,11-14H2,(H,21,24)(H,22,25,26). The van der Waals surface area contributed by atoms with Gasteiger partial charge in [0.2, 0.25) is 5.91 Å². The summed E-state index contributed by atoms with van der Waals surface area (Å²) >= 11 is 1.76. The third-order valence-corrected chi connectivity index (χ3v) is 5.22. The molecule has 27 heavy (non-hydrogen) atoms. The smallest absolute Gasteiger partial charge is 0.328 e. The van der Waals surface area contributed by atoms with Crippen LogP contribution in [0.3, 0.4) is 0 Å². The van der Waals surface area contributed by atoms with Crippen LogP contribution in [0.5, 0.6) is 0 Å². The third-order valence-electron chi connectivity index (χ3n) is 4.12. The van der Waals surface area contributed by atoms with E-state index in [0.717, 1.165) is 12.2 Å². The zero-order chi connectivity index (χ0) is 19.1. The van der Waals surface area contributed by atoms with Crippen molar-refractivity contribution in [1.29, 1.82) is 0 Å². The maximum Gasteiger partial charge on any atom is 0.328 e. The number of aromatic nitrogens is 2. The Morgan fingerprint density at radius 2 is 1.78 bits per heavy atom. The molecular formula is C20H21N3O3S. The molecule has 3 aromatic rings. The van der Waals surface area contributed by atoms with Gasteiger partial charge in [-0.05, 0) is 36.4 Å². The van der Waals surface area contributed by atoms with Crippen LogP contribution in [0.2, 0.25) is 0 Å². The van der Waals surface area contributed by atoms with Crippen molar-refractivity contribution in [2.75, 3.05) is 12.3 Å². The average molecular weight is 383 g/mol. The predicted octanol–water partition coefficient (Wildman–Crippen LogP) is 2.38. The van der Waals surface area contributed by atoms with E-state index in [0.29, 0.717) is 17.4 Å². The van der Waals surface area contributed by atoms with Gasteiger partial charge in [0.25, 0.3) is 5.56 Å². The number of amides is 1. The summed E-state index contributed by atoms with van der Waals surface area (Å²) in [6.07, 6.45) is 1.05. The minimum Gasteiger partial charge on any atom is -0.356 e. The average Bonchev–Trinajstić information content (AvgIpc) is 2.68. The van der Waals surface area contributed by atoms with Crippen LogP contribution in [0.4, 0.5) is 0 Å². The molecule has 140 valence electrons. The molecule has 2 aromatic carbocycles. The topological polar surface area (TPSA) is 84.0 Å². The number of aryl methyl sites for hydroxylation is 1. The van der Waals surface area contributed by atoms with Crippen molar-refractivity contribution in [3.63, 3.8) is 0 Å². The molecule has 0 radical (unpaired) electrons. The summed E-state index contributed by atoms with van der Waals surface area (Å²) in [5.74, 6) is 0.816. The van der Waals surface area contributed by atoms with Gasteiger partial charge >= 0.3 is 5.69 Å². The van der Waals surface area contributed by atoms with Gasteiger partial charge in [0.1, 0.15) is 0 Å². The summed E-state index contributed by atoms with van der Waals surface area (Å²) in [7, 11) is 0. The summed E-state index contributed by atoms with van der Waals surface area (Å²) in [4.78, 5) is 39.5. The van der Waals surface area contributed by atoms with Gasteiger partial charge in [-0.3, -0.25) is 19.1 Å². The summed E-state index contributed by atoms with van der Waals surface area (Å²) in [5.41, 5.74) is -0.365. The Morgan fingerprint density at radius 3 is 2.59 bits per heavy atom. The maximum absolute atomic E-state index is 12.1. The Morgan fingerprint density at radius 1 is 1.04 bits per heavy atom. The molecule has 2 N–H and O–H groups in total. The quantitative estimate of drug-likeness (QED) is 0.462. The van der Waals surface area contributed by atoms with E-state index in [-0.39, 0.29) is 18.9 Å². The van der Waals surface area contributed by atoms with E-state index in [4.69, 9.17) is 0 Å². The highest BCUT2D eigenvalue weighted by atomic mass is 32.2. The van der Waals surface area contributed by atoms with Crippen LogP contribution in [0.1, 0.15) is 12.8 Å². The Kier molecular flexibility index (Phi) is 6.49. The fourth-order valence-electron chi connectivity index (χ4n) is 2.77. The minimum atomic E-state index is -0.495. The largest absolute Gasteiger partial charge is 0.356 e. The van der Waals surface area contributed by atoms with Gasteiger partial charge in [0, 0.05) is 24.4 Å². The highest BCUT2D eigenvalue weighted by Crippen LogP contribution is 2.17. The summed E-state index contributed by atoms with van der Waals surface area (Å²) < 4.78 is 1.43. The number of rotatable bonds is 8. The summed E-state index contributed by atoms with van der Waals surface area (Å²) in [6.45, 7) is 0.820. The third kappa shape index (κ3) is 5.10. The van der Waals surface area contributed by atoms with Crippen molar-refractivity contribution in [1.82, 2.24) is 14.9 Å². The van der Waals surface area contributed by atoms with Crippen LogP contribution in [0.15, 0.2) is 69.1 Å². The lowest BCUT2D eigenvalue weighted by Gasteiger charge is -2.09. The Hall–Kier alpha value is -2.80. The van der Waals surface area contributed by atoms with Gasteiger partial charge in [-0.25, -0.2) is 4.79 Å². The lowest BCUT2D eigenvalue weighted by atomic mass is 10.2. The second-order valence-electron chi connectivity index (χ2n) is 6.04. The van der Waals surface area contributed by atoms with Crippen LogP contribution >= 0.6 is 11.8 Å². The molecule has 0 atom stereocenters. The molecule has 0 fully saturated rings. The minimum absolute atomic E-state index is 0.109. The van der Waals surface area contributed by atoms with E-state index >= 15 is 0 Å². The molecule has 3 rings (SSSR count). The molecule has 0 saturated heterocycles. The van der Waals surface area contributed by atoms with E-state index in [9.17, 15) is 14.4 Å². The zero-order valence-electron chi connectivity index (χ0n) is 14.8. The molecule has 0 saturated carbocycles. The molecule has 0 aliphatic rings. The molecule has 7 heteroatoms. The first kappa shape index (κ1) is 19.0. The zero-order valence-corrected chi connectivity index (χ0v) is 15.6. The van der Waals surface area contributed by atoms with Gasteiger partial charge in [-0.15, -0.1) is 11.8 Å². The lowest BCUT2D eigenvalue weighted by Crippen LogP contribution is -2.32. The first-order chi connectivity index (χ1) is 13.1. The van der Waals surface area contributed by atoms with Gasteiger partial charge in [0.05, 0.1) is 10.9 Å². The van der Waals surface area contributed by atoms with Crippen molar-refractivity contribution >= 4 is 28.6 Å². The number of thioether (sulfide) groups is 1. The number of hydrogen-bond donors (Lipinski definition) is 2. The maximum atomic E-state index is 12.1. The van der Waals surface area contributed by atoms with Crippen molar-refractivity contribution < 1.29 is 4.79 Å². The Bertz CT molecular complexity index is 1030. The van der Waals surface area contributed by atoms with Crippen LogP contribution in [0.25, 0.3) is 10.9 Å². The van der Waals surface area contributed by atoms with Crippen LogP contribution < -0.4 is 16.6 Å². The van der Waals surface area contributed by atoms with E-state index in [1.165, 1.54) is 9.46 Å². The van der Waals surface area contributed by atoms with Gasteiger partial charge in [-0.1, -0.05) is 30.3 Å². The molecule has 1 heterocycles. The number of nitrogens with one attached hydrogen (secondary N) is 2. The highest BCUT2D eigenvalue weighted by molar-refractivity contribution is 7.99. The van der Waals surface area contributed by atoms with Crippen LogP contribution in [-0.4, -0.2) is 27.8 Å². The molecule has 1 aromatic heterocycles. The van der Waals surface area contributed by atoms with Gasteiger partial charge < -0.3 is 5.32 Å². The van der Waals surface area contributed by atoms with E-state index in [2.05, 4.69) is 22.4 Å². The number of carbonyl (C=O) groups excluding carboxylic acids is 1. The second-order valence-corrected chi connectivity index (χ2v) is 7.21. The van der Waals surface area contributed by atoms with E-state index in [1.54, 1.807) is 36.0 Å². The lowest BCUT2D eigenvalue weighted by molar-refractivity contribution is -0.121. The molecule has 6 nitrogen and oxygen atoms in total. The fraction of sp³-hybridized carbons (Fsp3) is 0.250. The van der Waals surface area contributed by atoms with Crippen LogP contribution in [0, 0.1) is 0 Å². The highest BCUT2D eigenvalue weighted by Gasteiger charge is 2.08. The number of hydrogen-bond acceptors (Lipinski definition) is 4. The molecule has 0 aliphatic heterocycles. The Balaban J connectivity index is 1.48. The monoisotopic (exact) mass is 383 g/mol. The molecule has 0 unspecified atom stereocenters. The van der Waals surface area contributed by atoms with Crippen molar-refractivity contribution in [2.45, 2.75) is 24.3 Å². The first-order valence-corrected chi connectivity index (χ1v) is 9.80. The normalized spacial score (nSPS) is 10.8. The number of fused-ring (bicyclic) bond motifs is 1. The SMILES string of the molecule is O=C(CCn1c(=O)[nH]c(=O)c2ccccc21)NCCCSc1ccccc1. The summed E-state index contributed by atoms with van der Waals surface area (Å²) in [5, 5.41) is 3.32. The van der Waals surface area contributed by atoms with Gasteiger partial charge in [-0.2, -0.15) is 0 Å². The molecular weight excluding hydrogens is 362 g/mol. The first-order valence-electron chi connectivity index (χ1n) is 8.81. The second kappa shape index (κ2) is 9.23. The van der Waals surface area contributed by atoms with Crippen molar-refractivity contribution in [3.8, 4) is 0 Å². The molecule has 0 aliphatic carbocycles. The fourth-order valence-corrected chi connectivity index (χ4v) is 3.65. The number of benzene rings is 2. The number of H-pyrrole nitrogens is 1. The molecule has 1 amide bonds. The Labute approximate surface area is 160 Å². The molecule has 0 bridgehead atoms. The van der Waals surface area contributed by atoms with Crippen molar-refractivity contribution in [2.24, 2.45) is 0 Å². The van der Waals surface area contributed by atoms with Crippen LogP contribution in [-0.2, 0) is 11.3 Å². The number of carbonyl (C=O) groups is 1. The number of nitrogens with zero attached hydrogens (tertiary/aromatic N) is 1. The van der Waals surface area contributed by atoms with E-state index in [1.807, 2.05) is 18.2 Å². The summed E-state index contributed by atoms with van der Waals surface area (Å²) in [6, 6.07) is 17.0. The molecule has 0 spiro atoms. The predicted molar refractivity (Wildman–Crippen MR) is 108 cm³/mol.